The molecule has 0 unspecified atom stereocenters. The molecule has 0 aliphatic heterocycles. The van der Waals surface area contributed by atoms with Crippen LogP contribution in [0.15, 0.2) is 36.5 Å². The molecule has 1 amide bonds. The Hall–Kier alpha value is -2.07. The molecule has 0 atom stereocenters. The van der Waals surface area contributed by atoms with Gasteiger partial charge in [0.05, 0.1) is 10.6 Å². The highest BCUT2D eigenvalue weighted by molar-refractivity contribution is 6.33. The van der Waals surface area contributed by atoms with Crippen LogP contribution in [0.25, 0.3) is 0 Å². The number of aromatic nitrogens is 1. The molecule has 4 nitrogen and oxygen atoms in total. The van der Waals surface area contributed by atoms with Crippen LogP contribution < -0.4 is 10.6 Å². The molecule has 2 aromatic rings. The van der Waals surface area contributed by atoms with Gasteiger partial charge in [-0.3, -0.25) is 4.79 Å². The largest absolute Gasteiger partial charge is 0.372 e. The predicted molar refractivity (Wildman–Crippen MR) is 87.2 cm³/mol. The molecule has 0 bridgehead atoms. The van der Waals surface area contributed by atoms with Gasteiger partial charge in [0, 0.05) is 18.9 Å². The Morgan fingerprint density at radius 2 is 2.10 bits per heavy atom. The molecule has 1 heterocycles. The summed E-state index contributed by atoms with van der Waals surface area (Å²) in [5.74, 6) is 0.343. The van der Waals surface area contributed by atoms with Gasteiger partial charge in [-0.1, -0.05) is 43.1 Å². The van der Waals surface area contributed by atoms with Crippen LogP contribution in [0.3, 0.4) is 0 Å². The summed E-state index contributed by atoms with van der Waals surface area (Å²) in [7, 11) is 1.73. The lowest BCUT2D eigenvalue weighted by atomic mass is 10.1. The van der Waals surface area contributed by atoms with Gasteiger partial charge in [0.15, 0.2) is 0 Å². The van der Waals surface area contributed by atoms with Crippen LogP contribution in [0.2, 0.25) is 5.02 Å². The second kappa shape index (κ2) is 7.09. The Morgan fingerprint density at radius 3 is 2.76 bits per heavy atom. The Morgan fingerprint density at radius 1 is 1.33 bits per heavy atom. The van der Waals surface area contributed by atoms with E-state index >= 15 is 0 Å². The number of pyridine rings is 1. The lowest BCUT2D eigenvalue weighted by Crippen LogP contribution is -2.14. The smallest absolute Gasteiger partial charge is 0.257 e. The summed E-state index contributed by atoms with van der Waals surface area (Å²) in [6.07, 6.45) is 3.46. The first kappa shape index (κ1) is 15.3. The fraction of sp³-hybridized carbons (Fsp3) is 0.250. The van der Waals surface area contributed by atoms with Gasteiger partial charge in [0.1, 0.15) is 5.82 Å². The van der Waals surface area contributed by atoms with E-state index in [1.165, 1.54) is 6.20 Å². The molecule has 0 fully saturated rings. The molecule has 0 aliphatic rings. The first-order valence-electron chi connectivity index (χ1n) is 6.88. The minimum atomic E-state index is -0.212. The number of hydrogen-bond acceptors (Lipinski definition) is 3. The van der Waals surface area contributed by atoms with Gasteiger partial charge in [0.2, 0.25) is 0 Å². The maximum atomic E-state index is 12.3. The van der Waals surface area contributed by atoms with Crippen LogP contribution in [0.4, 0.5) is 11.5 Å². The predicted octanol–water partition coefficient (Wildman–Crippen LogP) is 3.98. The van der Waals surface area contributed by atoms with E-state index in [-0.39, 0.29) is 5.91 Å². The average molecular weight is 304 g/mol. The Bertz CT molecular complexity index is 643. The van der Waals surface area contributed by atoms with Crippen molar-refractivity contribution in [3.63, 3.8) is 0 Å². The highest BCUT2D eigenvalue weighted by Crippen LogP contribution is 2.21. The van der Waals surface area contributed by atoms with Crippen LogP contribution in [0, 0.1) is 0 Å². The van der Waals surface area contributed by atoms with E-state index in [4.69, 9.17) is 11.6 Å². The molecule has 0 radical (unpaired) electrons. The van der Waals surface area contributed by atoms with E-state index in [2.05, 4.69) is 22.5 Å². The fourth-order valence-corrected chi connectivity index (χ4v) is 2.33. The number of rotatable bonds is 5. The summed E-state index contributed by atoms with van der Waals surface area (Å²) >= 11 is 6.05. The number of amides is 1. The summed E-state index contributed by atoms with van der Waals surface area (Å²) < 4.78 is 0. The van der Waals surface area contributed by atoms with Crippen LogP contribution in [-0.4, -0.2) is 17.9 Å². The maximum Gasteiger partial charge on any atom is 0.257 e. The summed E-state index contributed by atoms with van der Waals surface area (Å²) in [6.45, 7) is 2.11. The minimum Gasteiger partial charge on any atom is -0.372 e. The maximum absolute atomic E-state index is 12.3. The summed E-state index contributed by atoms with van der Waals surface area (Å²) in [4.78, 5) is 16.4. The third-order valence-corrected chi connectivity index (χ3v) is 3.41. The number of nitrogens with one attached hydrogen (secondary N) is 2. The van der Waals surface area contributed by atoms with E-state index in [1.54, 1.807) is 13.1 Å². The Balaban J connectivity index is 2.20. The number of hydrogen-bond donors (Lipinski definition) is 2. The van der Waals surface area contributed by atoms with Crippen molar-refractivity contribution in [2.75, 3.05) is 17.7 Å². The monoisotopic (exact) mass is 303 g/mol. The minimum absolute atomic E-state index is 0.212. The Labute approximate surface area is 129 Å². The van der Waals surface area contributed by atoms with Gasteiger partial charge < -0.3 is 10.6 Å². The Kier molecular flexibility index (Phi) is 5.17. The second-order valence-electron chi connectivity index (χ2n) is 4.67. The zero-order chi connectivity index (χ0) is 15.2. The number of carbonyl (C=O) groups excluding carboxylic acids is 1. The number of nitrogens with zero attached hydrogens (tertiary/aromatic N) is 1. The van der Waals surface area contributed by atoms with Gasteiger partial charge in [-0.15, -0.1) is 0 Å². The molecular formula is C16H18ClN3O. The SMILES string of the molecule is CCCc1ccccc1NC(=O)c1cnc(NC)c(Cl)c1. The topological polar surface area (TPSA) is 54.0 Å². The van der Waals surface area contributed by atoms with Crippen molar-refractivity contribution in [2.24, 2.45) is 0 Å². The summed E-state index contributed by atoms with van der Waals surface area (Å²) in [5, 5.41) is 6.20. The van der Waals surface area contributed by atoms with Gasteiger partial charge in [-0.25, -0.2) is 4.98 Å². The third kappa shape index (κ3) is 3.73. The van der Waals surface area contributed by atoms with Crippen molar-refractivity contribution in [1.29, 1.82) is 0 Å². The zero-order valence-corrected chi connectivity index (χ0v) is 12.9. The number of para-hydroxylation sites is 1. The van der Waals surface area contributed by atoms with Crippen molar-refractivity contribution >= 4 is 29.0 Å². The molecule has 1 aromatic carbocycles. The van der Waals surface area contributed by atoms with Crippen LogP contribution in [0.1, 0.15) is 29.3 Å². The lowest BCUT2D eigenvalue weighted by molar-refractivity contribution is 0.102. The second-order valence-corrected chi connectivity index (χ2v) is 5.07. The average Bonchev–Trinajstić information content (AvgIpc) is 2.49. The van der Waals surface area contributed by atoms with Gasteiger partial charge in [-0.05, 0) is 24.1 Å². The highest BCUT2D eigenvalue weighted by atomic mass is 35.5. The number of anilines is 2. The molecular weight excluding hydrogens is 286 g/mol. The molecule has 21 heavy (non-hydrogen) atoms. The first-order valence-corrected chi connectivity index (χ1v) is 7.26. The molecule has 0 saturated carbocycles. The quantitative estimate of drug-likeness (QED) is 0.878. The van der Waals surface area contributed by atoms with E-state index < -0.39 is 0 Å². The van der Waals surface area contributed by atoms with E-state index in [1.807, 2.05) is 24.3 Å². The van der Waals surface area contributed by atoms with Gasteiger partial charge in [-0.2, -0.15) is 0 Å². The fourth-order valence-electron chi connectivity index (χ4n) is 2.07. The molecule has 5 heteroatoms. The number of benzene rings is 1. The first-order chi connectivity index (χ1) is 10.2. The molecule has 110 valence electrons. The number of carbonyl (C=O) groups is 1. The van der Waals surface area contributed by atoms with Gasteiger partial charge >= 0.3 is 0 Å². The summed E-state index contributed by atoms with van der Waals surface area (Å²) in [6, 6.07) is 9.41. The third-order valence-electron chi connectivity index (χ3n) is 3.13. The van der Waals surface area contributed by atoms with E-state index in [9.17, 15) is 4.79 Å². The van der Waals surface area contributed by atoms with E-state index in [0.29, 0.717) is 16.4 Å². The molecule has 0 spiro atoms. The zero-order valence-electron chi connectivity index (χ0n) is 12.1. The van der Waals surface area contributed by atoms with Crippen LogP contribution in [0.5, 0.6) is 0 Å². The van der Waals surface area contributed by atoms with Crippen molar-refractivity contribution in [3.8, 4) is 0 Å². The summed E-state index contributed by atoms with van der Waals surface area (Å²) in [5.41, 5.74) is 2.39. The van der Waals surface area contributed by atoms with Gasteiger partial charge in [0.25, 0.3) is 5.91 Å². The normalized spacial score (nSPS) is 10.2. The standard InChI is InChI=1S/C16H18ClN3O/c1-3-6-11-7-4-5-8-14(11)20-16(21)12-9-13(17)15(18-2)19-10-12/h4-5,7-10H,3,6H2,1-2H3,(H,18,19)(H,20,21). The molecule has 0 aliphatic carbocycles. The highest BCUT2D eigenvalue weighted by Gasteiger charge is 2.11. The molecule has 1 aromatic heterocycles. The van der Waals surface area contributed by atoms with Crippen molar-refractivity contribution in [3.05, 3.63) is 52.7 Å². The van der Waals surface area contributed by atoms with Crippen molar-refractivity contribution in [1.82, 2.24) is 4.98 Å². The molecule has 2 rings (SSSR count). The molecule has 0 saturated heterocycles. The van der Waals surface area contributed by atoms with Crippen LogP contribution in [-0.2, 0) is 6.42 Å². The van der Waals surface area contributed by atoms with Crippen molar-refractivity contribution < 1.29 is 4.79 Å². The lowest BCUT2D eigenvalue weighted by Gasteiger charge is -2.11. The van der Waals surface area contributed by atoms with Crippen molar-refractivity contribution in [2.45, 2.75) is 19.8 Å². The van der Waals surface area contributed by atoms with E-state index in [0.717, 1.165) is 24.1 Å². The van der Waals surface area contributed by atoms with Crippen LogP contribution >= 0.6 is 11.6 Å². The number of aryl methyl sites for hydroxylation is 1. The number of halogens is 1. The molecule has 2 N–H and O–H groups in total.